The lowest BCUT2D eigenvalue weighted by Gasteiger charge is -2.22. The van der Waals surface area contributed by atoms with Crippen LogP contribution in [0.3, 0.4) is 0 Å². The van der Waals surface area contributed by atoms with Crippen LogP contribution < -0.4 is 5.32 Å². The Morgan fingerprint density at radius 2 is 2.32 bits per heavy atom. The number of likely N-dealkylation sites (N-methyl/N-ethyl adjacent to an activating group) is 1. The highest BCUT2D eigenvalue weighted by Gasteiger charge is 2.34. The van der Waals surface area contributed by atoms with Crippen molar-refractivity contribution in [2.45, 2.75) is 12.0 Å². The lowest BCUT2D eigenvalue weighted by molar-refractivity contribution is 0.0486. The molecule has 1 fully saturated rings. The highest BCUT2D eigenvalue weighted by molar-refractivity contribution is 6.05. The predicted molar refractivity (Wildman–Crippen MR) is 81.1 cm³/mol. The van der Waals surface area contributed by atoms with E-state index in [1.165, 1.54) is 18.3 Å². The normalized spacial score (nSPS) is 22.1. The number of likely N-dealkylation sites (tertiary alicyclic amines) is 1. The molecule has 0 spiro atoms. The van der Waals surface area contributed by atoms with Crippen LogP contribution in [0.4, 0.5) is 4.39 Å². The highest BCUT2D eigenvalue weighted by atomic mass is 19.1. The molecule has 1 aromatic heterocycles. The monoisotopic (exact) mass is 303 g/mol. The molecule has 0 saturated carbocycles. The number of hydrogen-bond donors (Lipinski definition) is 2. The van der Waals surface area contributed by atoms with Crippen LogP contribution in [0.2, 0.25) is 0 Å². The third-order valence-electron chi connectivity index (χ3n) is 4.06. The van der Waals surface area contributed by atoms with Gasteiger partial charge in [-0.1, -0.05) is 0 Å². The summed E-state index contributed by atoms with van der Waals surface area (Å²) in [6, 6.07) is 5.90. The fourth-order valence-electron chi connectivity index (χ4n) is 2.86. The largest absolute Gasteiger partial charge is 0.387 e. The summed E-state index contributed by atoms with van der Waals surface area (Å²) in [5.74, 6) is -0.762. The smallest absolute Gasteiger partial charge is 0.253 e. The molecule has 1 aromatic carbocycles. The number of pyridine rings is 1. The Kier molecular flexibility index (Phi) is 3.80. The lowest BCUT2D eigenvalue weighted by Crippen LogP contribution is -2.44. The highest BCUT2D eigenvalue weighted by Crippen LogP contribution is 2.21. The minimum absolute atomic E-state index is 0.169. The summed E-state index contributed by atoms with van der Waals surface area (Å²) in [5.41, 5.74) is -0.268. The van der Waals surface area contributed by atoms with Crippen molar-refractivity contribution < 1.29 is 14.3 Å². The molecule has 5 nitrogen and oxygen atoms in total. The van der Waals surface area contributed by atoms with E-state index < -0.39 is 11.4 Å². The molecule has 0 radical (unpaired) electrons. The molecule has 0 bridgehead atoms. The molecule has 0 aliphatic carbocycles. The summed E-state index contributed by atoms with van der Waals surface area (Å²) in [4.78, 5) is 18.5. The van der Waals surface area contributed by atoms with Crippen molar-refractivity contribution in [1.29, 1.82) is 0 Å². The number of rotatable bonds is 3. The van der Waals surface area contributed by atoms with Crippen molar-refractivity contribution in [1.82, 2.24) is 15.2 Å². The number of nitrogens with zero attached hydrogens (tertiary/aromatic N) is 2. The molecule has 1 atom stereocenters. The lowest BCUT2D eigenvalue weighted by atomic mass is 10.0. The first-order valence-corrected chi connectivity index (χ1v) is 7.21. The SMILES string of the molecule is CN1CCC(O)(CNC(=O)c2ccc(F)c3cccnc23)C1. The Balaban J connectivity index is 1.80. The van der Waals surface area contributed by atoms with E-state index in [9.17, 15) is 14.3 Å². The quantitative estimate of drug-likeness (QED) is 0.893. The average molecular weight is 303 g/mol. The van der Waals surface area contributed by atoms with Crippen LogP contribution >= 0.6 is 0 Å². The fraction of sp³-hybridized carbons (Fsp3) is 0.375. The van der Waals surface area contributed by atoms with Gasteiger partial charge >= 0.3 is 0 Å². The molecule has 1 aliphatic heterocycles. The second-order valence-electron chi connectivity index (χ2n) is 5.89. The topological polar surface area (TPSA) is 65.5 Å². The maximum Gasteiger partial charge on any atom is 0.253 e. The molecule has 6 heteroatoms. The number of nitrogens with one attached hydrogen (secondary N) is 1. The second kappa shape index (κ2) is 5.62. The molecule has 116 valence electrons. The van der Waals surface area contributed by atoms with Crippen molar-refractivity contribution >= 4 is 16.8 Å². The van der Waals surface area contributed by atoms with Crippen LogP contribution in [0.25, 0.3) is 10.9 Å². The van der Waals surface area contributed by atoms with Gasteiger partial charge in [0.2, 0.25) is 0 Å². The van der Waals surface area contributed by atoms with Gasteiger partial charge in [-0.3, -0.25) is 9.78 Å². The van der Waals surface area contributed by atoms with E-state index in [0.29, 0.717) is 29.4 Å². The van der Waals surface area contributed by atoms with E-state index in [0.717, 1.165) is 6.54 Å². The molecule has 2 aromatic rings. The second-order valence-corrected chi connectivity index (χ2v) is 5.89. The van der Waals surface area contributed by atoms with E-state index >= 15 is 0 Å². The summed E-state index contributed by atoms with van der Waals surface area (Å²) in [7, 11) is 1.93. The van der Waals surface area contributed by atoms with Crippen molar-refractivity contribution in [3.63, 3.8) is 0 Å². The average Bonchev–Trinajstić information content (AvgIpc) is 2.85. The van der Waals surface area contributed by atoms with Gasteiger partial charge in [-0.25, -0.2) is 4.39 Å². The summed E-state index contributed by atoms with van der Waals surface area (Å²) in [6.45, 7) is 1.49. The first kappa shape index (κ1) is 14.9. The minimum Gasteiger partial charge on any atom is -0.387 e. The number of carbonyl (C=O) groups is 1. The number of aliphatic hydroxyl groups is 1. The van der Waals surface area contributed by atoms with E-state index in [1.54, 1.807) is 12.1 Å². The van der Waals surface area contributed by atoms with Gasteiger partial charge < -0.3 is 15.3 Å². The maximum absolute atomic E-state index is 13.7. The van der Waals surface area contributed by atoms with Crippen LogP contribution in [0.1, 0.15) is 16.8 Å². The number of benzene rings is 1. The van der Waals surface area contributed by atoms with Gasteiger partial charge in [-0.05, 0) is 37.7 Å². The van der Waals surface area contributed by atoms with Gasteiger partial charge in [0, 0.05) is 31.2 Å². The molecule has 1 aliphatic rings. The van der Waals surface area contributed by atoms with Gasteiger partial charge in [0.25, 0.3) is 5.91 Å². The Morgan fingerprint density at radius 3 is 3.05 bits per heavy atom. The van der Waals surface area contributed by atoms with E-state index in [4.69, 9.17) is 0 Å². The minimum atomic E-state index is -0.909. The van der Waals surface area contributed by atoms with Crippen LogP contribution in [0, 0.1) is 5.82 Å². The molecule has 2 heterocycles. The molecular formula is C16H18FN3O2. The number of amides is 1. The first-order chi connectivity index (χ1) is 10.5. The number of carbonyl (C=O) groups excluding carboxylic acids is 1. The first-order valence-electron chi connectivity index (χ1n) is 7.21. The van der Waals surface area contributed by atoms with E-state index in [-0.39, 0.29) is 12.5 Å². The zero-order valence-electron chi connectivity index (χ0n) is 12.3. The molecule has 22 heavy (non-hydrogen) atoms. The molecule has 2 N–H and O–H groups in total. The number of halogens is 1. The van der Waals surface area contributed by atoms with Crippen LogP contribution in [0.5, 0.6) is 0 Å². The number of β-amino-alcohol motifs (C(OH)–C–C–N with tert-alkyl or cyclic N) is 1. The Labute approximate surface area is 127 Å². The maximum atomic E-state index is 13.7. The summed E-state index contributed by atoms with van der Waals surface area (Å²) in [6.07, 6.45) is 2.14. The van der Waals surface area contributed by atoms with Gasteiger partial charge in [0.1, 0.15) is 5.82 Å². The third-order valence-corrected chi connectivity index (χ3v) is 4.06. The van der Waals surface area contributed by atoms with Crippen LogP contribution in [0.15, 0.2) is 30.5 Å². The van der Waals surface area contributed by atoms with Crippen LogP contribution in [-0.2, 0) is 0 Å². The zero-order chi connectivity index (χ0) is 15.7. The Morgan fingerprint density at radius 1 is 1.50 bits per heavy atom. The standard InChI is InChI=1S/C16H18FN3O2/c1-20-8-6-16(22,10-20)9-19-15(21)12-4-5-13(17)11-3-2-7-18-14(11)12/h2-5,7,22H,6,8-10H2,1H3,(H,19,21). The number of hydrogen-bond acceptors (Lipinski definition) is 4. The molecule has 1 saturated heterocycles. The number of fused-ring (bicyclic) bond motifs is 1. The fourth-order valence-corrected chi connectivity index (χ4v) is 2.86. The van der Waals surface area contributed by atoms with Crippen molar-refractivity contribution in [3.8, 4) is 0 Å². The molecule has 3 rings (SSSR count). The molecule has 1 unspecified atom stereocenters. The van der Waals surface area contributed by atoms with Gasteiger partial charge in [-0.2, -0.15) is 0 Å². The van der Waals surface area contributed by atoms with E-state index in [1.807, 2.05) is 11.9 Å². The third kappa shape index (κ3) is 2.80. The number of aromatic nitrogens is 1. The van der Waals surface area contributed by atoms with Gasteiger partial charge in [-0.15, -0.1) is 0 Å². The Hall–Kier alpha value is -2.05. The van der Waals surface area contributed by atoms with Gasteiger partial charge in [0.05, 0.1) is 16.7 Å². The predicted octanol–water partition coefficient (Wildman–Crippen LogP) is 1.17. The summed E-state index contributed by atoms with van der Waals surface area (Å²) < 4.78 is 13.7. The van der Waals surface area contributed by atoms with Gasteiger partial charge in [0.15, 0.2) is 0 Å². The van der Waals surface area contributed by atoms with Crippen LogP contribution in [-0.4, -0.2) is 53.2 Å². The summed E-state index contributed by atoms with van der Waals surface area (Å²) in [5, 5.41) is 13.4. The Bertz CT molecular complexity index is 722. The van der Waals surface area contributed by atoms with E-state index in [2.05, 4.69) is 10.3 Å². The molecule has 1 amide bonds. The molecular weight excluding hydrogens is 285 g/mol. The van der Waals surface area contributed by atoms with Crippen molar-refractivity contribution in [2.24, 2.45) is 0 Å². The summed E-state index contributed by atoms with van der Waals surface area (Å²) >= 11 is 0. The zero-order valence-corrected chi connectivity index (χ0v) is 12.3. The van der Waals surface area contributed by atoms with Crippen molar-refractivity contribution in [3.05, 3.63) is 41.8 Å². The van der Waals surface area contributed by atoms with Crippen molar-refractivity contribution in [2.75, 3.05) is 26.7 Å².